The van der Waals surface area contributed by atoms with Gasteiger partial charge in [0.05, 0.1) is 0 Å². The zero-order valence-electron chi connectivity index (χ0n) is 5.90. The van der Waals surface area contributed by atoms with E-state index in [-0.39, 0.29) is 4.71 Å². The molecule has 0 aliphatic heterocycles. The SMILES string of the molecule is CC([AsH2])C(=O)NCC(F)(F)F. The molecular weight excluding hydrogens is 222 g/mol. The Balaban J connectivity index is 3.64. The number of amides is 1. The van der Waals surface area contributed by atoms with Crippen molar-refractivity contribution in [3.8, 4) is 0 Å². The minimum absolute atomic E-state index is 0.343. The Morgan fingerprint density at radius 1 is 1.64 bits per heavy atom. The van der Waals surface area contributed by atoms with Crippen molar-refractivity contribution in [1.82, 2.24) is 5.32 Å². The summed E-state index contributed by atoms with van der Waals surface area (Å²) in [4.78, 5) is 10.6. The molecule has 1 N–H and O–H groups in total. The Morgan fingerprint density at radius 2 is 2.09 bits per heavy atom. The second-order valence-electron chi connectivity index (χ2n) is 2.12. The van der Waals surface area contributed by atoms with Crippen LogP contribution >= 0.6 is 0 Å². The topological polar surface area (TPSA) is 29.1 Å². The van der Waals surface area contributed by atoms with Crippen LogP contribution in [0.25, 0.3) is 0 Å². The predicted octanol–water partition coefficient (Wildman–Crippen LogP) is 0.106. The van der Waals surface area contributed by atoms with E-state index in [9.17, 15) is 18.0 Å². The Hall–Kier alpha value is -0.182. The van der Waals surface area contributed by atoms with Crippen LogP contribution in [0.2, 0.25) is 4.71 Å². The maximum absolute atomic E-state index is 11.5. The predicted molar refractivity (Wildman–Crippen MR) is 37.0 cm³/mol. The number of hydrogen-bond donors (Lipinski definition) is 1. The Morgan fingerprint density at radius 3 is 2.36 bits per heavy atom. The average molecular weight is 231 g/mol. The van der Waals surface area contributed by atoms with Crippen molar-refractivity contribution in [3.05, 3.63) is 0 Å². The van der Waals surface area contributed by atoms with Gasteiger partial charge in [-0.3, -0.25) is 0 Å². The number of hydrogen-bond acceptors (Lipinski definition) is 1. The number of carbonyl (C=O) groups is 1. The molecule has 0 heterocycles. The van der Waals surface area contributed by atoms with Crippen LogP contribution in [0, 0.1) is 0 Å². The summed E-state index contributed by atoms with van der Waals surface area (Å²) >= 11 is 1.10. The van der Waals surface area contributed by atoms with Gasteiger partial charge in [0.2, 0.25) is 0 Å². The van der Waals surface area contributed by atoms with E-state index < -0.39 is 18.6 Å². The summed E-state index contributed by atoms with van der Waals surface area (Å²) in [7, 11) is 0. The van der Waals surface area contributed by atoms with Gasteiger partial charge >= 0.3 is 70.4 Å². The van der Waals surface area contributed by atoms with Gasteiger partial charge < -0.3 is 0 Å². The number of halogens is 3. The summed E-state index contributed by atoms with van der Waals surface area (Å²) in [6, 6.07) is 0. The molecule has 0 saturated heterocycles. The average Bonchev–Trinajstić information content (AvgIpc) is 1.80. The van der Waals surface area contributed by atoms with Crippen LogP contribution in [0.1, 0.15) is 6.92 Å². The van der Waals surface area contributed by atoms with Crippen molar-refractivity contribution in [2.45, 2.75) is 17.8 Å². The van der Waals surface area contributed by atoms with Crippen LogP contribution in [0.15, 0.2) is 0 Å². The maximum atomic E-state index is 11.5. The van der Waals surface area contributed by atoms with E-state index in [1.165, 1.54) is 0 Å². The van der Waals surface area contributed by atoms with E-state index >= 15 is 0 Å². The third kappa shape index (κ3) is 6.23. The first-order valence-electron chi connectivity index (χ1n) is 2.93. The molecule has 0 aliphatic rings. The van der Waals surface area contributed by atoms with Gasteiger partial charge in [-0.2, -0.15) is 0 Å². The Labute approximate surface area is 71.0 Å². The fourth-order valence-electron chi connectivity index (χ4n) is 0.348. The number of rotatable bonds is 2. The number of carbonyl (C=O) groups excluding carboxylic acids is 1. The summed E-state index contributed by atoms with van der Waals surface area (Å²) in [6.07, 6.45) is -4.31. The van der Waals surface area contributed by atoms with Crippen LogP contribution in [-0.2, 0) is 4.79 Å². The van der Waals surface area contributed by atoms with Crippen molar-refractivity contribution in [3.63, 3.8) is 0 Å². The zero-order valence-corrected chi connectivity index (χ0v) is 8.33. The molecule has 0 radical (unpaired) electrons. The summed E-state index contributed by atoms with van der Waals surface area (Å²) in [5.41, 5.74) is 0. The number of nitrogens with one attached hydrogen (secondary N) is 1. The fraction of sp³-hybridized carbons (Fsp3) is 0.800. The van der Waals surface area contributed by atoms with Crippen molar-refractivity contribution in [1.29, 1.82) is 0 Å². The molecule has 0 spiro atoms. The standard InChI is InChI=1S/C5H9AsF3NO/c1-3(6)4(11)10-2-5(7,8)9/h3H,2,6H2,1H3,(H,10,11). The second kappa shape index (κ2) is 4.00. The monoisotopic (exact) mass is 231 g/mol. The van der Waals surface area contributed by atoms with Gasteiger partial charge in [0.1, 0.15) is 0 Å². The zero-order chi connectivity index (χ0) is 9.07. The molecule has 2 nitrogen and oxygen atoms in total. The molecule has 0 aliphatic carbocycles. The van der Waals surface area contributed by atoms with E-state index in [1.54, 1.807) is 12.2 Å². The van der Waals surface area contributed by atoms with E-state index in [4.69, 9.17) is 0 Å². The van der Waals surface area contributed by atoms with Gasteiger partial charge in [-0.05, 0) is 0 Å². The van der Waals surface area contributed by atoms with Crippen LogP contribution < -0.4 is 5.32 Å². The van der Waals surface area contributed by atoms with Crippen LogP contribution in [0.4, 0.5) is 13.2 Å². The Bertz CT molecular complexity index is 145. The van der Waals surface area contributed by atoms with Gasteiger partial charge in [-0.1, -0.05) is 0 Å². The summed E-state index contributed by atoms with van der Waals surface area (Å²) in [6.45, 7) is 0.325. The number of alkyl halides is 3. The van der Waals surface area contributed by atoms with Crippen molar-refractivity contribution < 1.29 is 18.0 Å². The normalized spacial score (nSPS) is 14.3. The molecule has 0 aromatic carbocycles. The van der Waals surface area contributed by atoms with Crippen molar-refractivity contribution in [2.75, 3.05) is 6.54 Å². The molecule has 0 aromatic heterocycles. The van der Waals surface area contributed by atoms with Crippen LogP contribution in [0.3, 0.4) is 0 Å². The van der Waals surface area contributed by atoms with Crippen LogP contribution in [0.5, 0.6) is 0 Å². The first kappa shape index (κ1) is 10.8. The third-order valence-electron chi connectivity index (χ3n) is 0.877. The molecule has 0 saturated carbocycles. The van der Waals surface area contributed by atoms with E-state index in [1.807, 2.05) is 0 Å². The molecule has 2 atom stereocenters. The first-order valence-corrected chi connectivity index (χ1v) is 4.33. The molecule has 0 fully saturated rings. The minimum atomic E-state index is -4.31. The third-order valence-corrected chi connectivity index (χ3v) is 1.51. The summed E-state index contributed by atoms with van der Waals surface area (Å²) in [5, 5.41) is 1.77. The van der Waals surface area contributed by atoms with Gasteiger partial charge in [-0.25, -0.2) is 0 Å². The molecule has 1 amide bonds. The molecular formula is C5H9AsF3NO. The van der Waals surface area contributed by atoms with Gasteiger partial charge in [-0.15, -0.1) is 0 Å². The van der Waals surface area contributed by atoms with E-state index in [0.717, 1.165) is 16.9 Å². The van der Waals surface area contributed by atoms with Crippen molar-refractivity contribution in [2.24, 2.45) is 0 Å². The molecule has 2 unspecified atom stereocenters. The van der Waals surface area contributed by atoms with Crippen molar-refractivity contribution >= 4 is 22.8 Å². The first-order chi connectivity index (χ1) is 4.83. The van der Waals surface area contributed by atoms with Gasteiger partial charge in [0.25, 0.3) is 0 Å². The fourth-order valence-corrected chi connectivity index (χ4v) is 0.596. The molecule has 0 rings (SSSR count). The Kier molecular flexibility index (Phi) is 3.93. The molecule has 6 heteroatoms. The van der Waals surface area contributed by atoms with E-state index in [0.29, 0.717) is 0 Å². The molecule has 66 valence electrons. The molecule has 0 aromatic rings. The van der Waals surface area contributed by atoms with Gasteiger partial charge in [0, 0.05) is 0 Å². The molecule has 0 bridgehead atoms. The summed E-state index contributed by atoms with van der Waals surface area (Å²) < 4.78 is 34.1. The van der Waals surface area contributed by atoms with Crippen LogP contribution in [-0.4, -0.2) is 35.5 Å². The quantitative estimate of drug-likeness (QED) is 0.671. The summed E-state index contributed by atoms with van der Waals surface area (Å²) in [5.74, 6) is -0.553. The van der Waals surface area contributed by atoms with Gasteiger partial charge in [0.15, 0.2) is 0 Å². The van der Waals surface area contributed by atoms with E-state index in [2.05, 4.69) is 0 Å². The second-order valence-corrected chi connectivity index (χ2v) is 4.22. The molecule has 11 heavy (non-hydrogen) atoms.